The predicted molar refractivity (Wildman–Crippen MR) is 110 cm³/mol. The van der Waals surface area contributed by atoms with Gasteiger partial charge in [-0.15, -0.1) is 11.3 Å². The van der Waals surface area contributed by atoms with Crippen molar-refractivity contribution in [3.8, 4) is 5.75 Å². The second-order valence-corrected chi connectivity index (χ2v) is 7.57. The van der Waals surface area contributed by atoms with E-state index in [1.165, 1.54) is 12.1 Å². The standard InChI is InChI=1S/C22H23FN2O2S/c1-25(14-16-5-11-19(27-2)12-6-16)15-21(26)24-22(20-4-3-13-28-20)17-7-9-18(23)10-8-17/h3-13,22H,14-15H2,1-2H3,(H,24,26)/t22-/m1/s1. The fourth-order valence-corrected chi connectivity index (χ4v) is 3.78. The van der Waals surface area contributed by atoms with Gasteiger partial charge in [-0.05, 0) is 53.9 Å². The summed E-state index contributed by atoms with van der Waals surface area (Å²) in [5, 5.41) is 5.04. The van der Waals surface area contributed by atoms with Gasteiger partial charge in [0.05, 0.1) is 19.7 Å². The van der Waals surface area contributed by atoms with Crippen molar-refractivity contribution in [1.82, 2.24) is 10.2 Å². The molecule has 1 amide bonds. The van der Waals surface area contributed by atoms with E-state index in [0.29, 0.717) is 6.54 Å². The lowest BCUT2D eigenvalue weighted by atomic mass is 10.1. The molecule has 0 bridgehead atoms. The zero-order valence-electron chi connectivity index (χ0n) is 15.9. The molecule has 1 aromatic heterocycles. The fraction of sp³-hybridized carbons (Fsp3) is 0.227. The molecule has 146 valence electrons. The van der Waals surface area contributed by atoms with Crippen molar-refractivity contribution in [1.29, 1.82) is 0 Å². The number of carbonyl (C=O) groups is 1. The lowest BCUT2D eigenvalue weighted by Gasteiger charge is -2.21. The molecule has 1 N–H and O–H groups in total. The zero-order chi connectivity index (χ0) is 19.9. The Morgan fingerprint density at radius 1 is 1.14 bits per heavy atom. The molecule has 0 unspecified atom stereocenters. The first-order valence-electron chi connectivity index (χ1n) is 8.95. The molecule has 1 atom stereocenters. The van der Waals surface area contributed by atoms with Crippen molar-refractivity contribution >= 4 is 17.2 Å². The number of thiophene rings is 1. The Labute approximate surface area is 168 Å². The van der Waals surface area contributed by atoms with E-state index in [4.69, 9.17) is 4.74 Å². The SMILES string of the molecule is COc1ccc(CN(C)CC(=O)N[C@H](c2ccc(F)cc2)c2cccs2)cc1. The van der Waals surface area contributed by atoms with E-state index in [9.17, 15) is 9.18 Å². The third-order valence-corrected chi connectivity index (χ3v) is 5.30. The van der Waals surface area contributed by atoms with Crippen LogP contribution >= 0.6 is 11.3 Å². The number of rotatable bonds is 8. The first-order valence-corrected chi connectivity index (χ1v) is 9.83. The summed E-state index contributed by atoms with van der Waals surface area (Å²) in [7, 11) is 3.54. The van der Waals surface area contributed by atoms with Gasteiger partial charge < -0.3 is 10.1 Å². The van der Waals surface area contributed by atoms with Crippen molar-refractivity contribution in [2.75, 3.05) is 20.7 Å². The van der Waals surface area contributed by atoms with Gasteiger partial charge in [-0.1, -0.05) is 30.3 Å². The van der Waals surface area contributed by atoms with Gasteiger partial charge in [0.2, 0.25) is 5.91 Å². The maximum Gasteiger partial charge on any atom is 0.234 e. The van der Waals surface area contributed by atoms with Crippen LogP contribution < -0.4 is 10.1 Å². The van der Waals surface area contributed by atoms with Crippen molar-refractivity contribution in [2.45, 2.75) is 12.6 Å². The van der Waals surface area contributed by atoms with E-state index >= 15 is 0 Å². The maximum atomic E-state index is 13.3. The third-order valence-electron chi connectivity index (χ3n) is 4.36. The number of nitrogens with one attached hydrogen (secondary N) is 1. The lowest BCUT2D eigenvalue weighted by molar-refractivity contribution is -0.122. The summed E-state index contributed by atoms with van der Waals surface area (Å²) in [6.07, 6.45) is 0. The van der Waals surface area contributed by atoms with Crippen LogP contribution in [0.4, 0.5) is 4.39 Å². The number of nitrogens with zero attached hydrogens (tertiary/aromatic N) is 1. The second kappa shape index (κ2) is 9.48. The number of carbonyl (C=O) groups excluding carboxylic acids is 1. The molecule has 0 radical (unpaired) electrons. The quantitative estimate of drug-likeness (QED) is 0.617. The molecule has 0 aliphatic carbocycles. The summed E-state index contributed by atoms with van der Waals surface area (Å²) in [6.45, 7) is 0.909. The number of methoxy groups -OCH3 is 1. The Morgan fingerprint density at radius 3 is 2.46 bits per heavy atom. The van der Waals surface area contributed by atoms with E-state index in [0.717, 1.165) is 21.8 Å². The molecule has 0 saturated heterocycles. The number of ether oxygens (including phenoxy) is 1. The highest BCUT2D eigenvalue weighted by Crippen LogP contribution is 2.26. The van der Waals surface area contributed by atoms with Crippen LogP contribution in [0.3, 0.4) is 0 Å². The minimum atomic E-state index is -0.292. The van der Waals surface area contributed by atoms with Gasteiger partial charge in [-0.25, -0.2) is 4.39 Å². The highest BCUT2D eigenvalue weighted by Gasteiger charge is 2.19. The van der Waals surface area contributed by atoms with Crippen LogP contribution in [0.2, 0.25) is 0 Å². The van der Waals surface area contributed by atoms with Crippen molar-refractivity contribution in [3.05, 3.63) is 87.9 Å². The number of hydrogen-bond donors (Lipinski definition) is 1. The molecule has 0 spiro atoms. The third kappa shape index (κ3) is 5.41. The zero-order valence-corrected chi connectivity index (χ0v) is 16.7. The molecule has 3 rings (SSSR count). The molecular formula is C22H23FN2O2S. The average Bonchev–Trinajstić information content (AvgIpc) is 3.22. The Hall–Kier alpha value is -2.70. The number of likely N-dealkylation sites (N-methyl/N-ethyl adjacent to an activating group) is 1. The minimum absolute atomic E-state index is 0.0845. The molecule has 2 aromatic carbocycles. The molecule has 0 aliphatic rings. The highest BCUT2D eigenvalue weighted by atomic mass is 32.1. The van der Waals surface area contributed by atoms with Crippen LogP contribution in [0.1, 0.15) is 22.0 Å². The molecule has 3 aromatic rings. The first-order chi connectivity index (χ1) is 13.5. The maximum absolute atomic E-state index is 13.3. The Bertz CT molecular complexity index is 880. The fourth-order valence-electron chi connectivity index (χ4n) is 2.98. The summed E-state index contributed by atoms with van der Waals surface area (Å²) in [5.74, 6) is 0.431. The monoisotopic (exact) mass is 398 g/mol. The molecule has 0 saturated carbocycles. The van der Waals surface area contributed by atoms with Crippen LogP contribution in [0.5, 0.6) is 5.75 Å². The minimum Gasteiger partial charge on any atom is -0.497 e. The second-order valence-electron chi connectivity index (χ2n) is 6.59. The van der Waals surface area contributed by atoms with Gasteiger partial charge in [-0.2, -0.15) is 0 Å². The molecule has 0 fully saturated rings. The summed E-state index contributed by atoms with van der Waals surface area (Å²) >= 11 is 1.56. The topological polar surface area (TPSA) is 41.6 Å². The smallest absolute Gasteiger partial charge is 0.234 e. The Morgan fingerprint density at radius 2 is 1.86 bits per heavy atom. The number of halogens is 1. The molecule has 0 aliphatic heterocycles. The van der Waals surface area contributed by atoms with Gasteiger partial charge in [0.1, 0.15) is 11.6 Å². The molecule has 6 heteroatoms. The van der Waals surface area contributed by atoms with E-state index in [-0.39, 0.29) is 24.3 Å². The van der Waals surface area contributed by atoms with Gasteiger partial charge in [-0.3, -0.25) is 9.69 Å². The number of amides is 1. The summed E-state index contributed by atoms with van der Waals surface area (Å²) in [5.41, 5.74) is 1.96. The normalized spacial score (nSPS) is 12.0. The molecule has 1 heterocycles. The Kier molecular flexibility index (Phi) is 6.79. The molecular weight excluding hydrogens is 375 g/mol. The van der Waals surface area contributed by atoms with E-state index < -0.39 is 0 Å². The van der Waals surface area contributed by atoms with E-state index in [2.05, 4.69) is 5.32 Å². The average molecular weight is 399 g/mol. The largest absolute Gasteiger partial charge is 0.497 e. The van der Waals surface area contributed by atoms with Crippen LogP contribution in [0, 0.1) is 5.82 Å². The molecule has 4 nitrogen and oxygen atoms in total. The van der Waals surface area contributed by atoms with E-state index in [1.807, 2.05) is 53.7 Å². The van der Waals surface area contributed by atoms with Crippen molar-refractivity contribution in [2.24, 2.45) is 0 Å². The van der Waals surface area contributed by atoms with Crippen molar-refractivity contribution in [3.63, 3.8) is 0 Å². The van der Waals surface area contributed by atoms with Crippen LogP contribution in [-0.2, 0) is 11.3 Å². The first kappa shape index (κ1) is 20.0. The summed E-state index contributed by atoms with van der Waals surface area (Å²) < 4.78 is 18.4. The van der Waals surface area contributed by atoms with E-state index in [1.54, 1.807) is 30.6 Å². The van der Waals surface area contributed by atoms with Crippen LogP contribution in [0.15, 0.2) is 66.0 Å². The van der Waals surface area contributed by atoms with Gasteiger partial charge >= 0.3 is 0 Å². The summed E-state index contributed by atoms with van der Waals surface area (Å²) in [6, 6.07) is 17.7. The van der Waals surface area contributed by atoms with Crippen molar-refractivity contribution < 1.29 is 13.9 Å². The Balaban J connectivity index is 1.63. The number of hydrogen-bond acceptors (Lipinski definition) is 4. The predicted octanol–water partition coefficient (Wildman–Crippen LogP) is 4.23. The number of benzene rings is 2. The summed E-state index contributed by atoms with van der Waals surface area (Å²) in [4.78, 5) is 15.6. The molecule has 28 heavy (non-hydrogen) atoms. The van der Waals surface area contributed by atoms with Gasteiger partial charge in [0.15, 0.2) is 0 Å². The highest BCUT2D eigenvalue weighted by molar-refractivity contribution is 7.10. The van der Waals surface area contributed by atoms with Gasteiger partial charge in [0, 0.05) is 11.4 Å². The van der Waals surface area contributed by atoms with Crippen LogP contribution in [0.25, 0.3) is 0 Å². The van der Waals surface area contributed by atoms with Crippen LogP contribution in [-0.4, -0.2) is 31.5 Å². The van der Waals surface area contributed by atoms with Gasteiger partial charge in [0.25, 0.3) is 0 Å². The lowest BCUT2D eigenvalue weighted by Crippen LogP contribution is -2.37.